The Bertz CT molecular complexity index is 412. The summed E-state index contributed by atoms with van der Waals surface area (Å²) in [6, 6.07) is 0.273. The molecule has 5 heteroatoms. The molecule has 4 unspecified atom stereocenters. The number of rotatable bonds is 4. The smallest absolute Gasteiger partial charge is 0.310 e. The third kappa shape index (κ3) is 3.76. The van der Waals surface area contributed by atoms with Crippen molar-refractivity contribution in [3.63, 3.8) is 0 Å². The molecular weight excluding hydrogens is 268 g/mol. The van der Waals surface area contributed by atoms with Crippen molar-refractivity contribution in [1.82, 2.24) is 10.2 Å². The normalized spacial score (nSPS) is 37.4. The maximum atomic E-state index is 12.2. The Morgan fingerprint density at radius 2 is 2.05 bits per heavy atom. The minimum absolute atomic E-state index is 0.0376. The molecule has 21 heavy (non-hydrogen) atoms. The Morgan fingerprint density at radius 1 is 1.33 bits per heavy atom. The van der Waals surface area contributed by atoms with E-state index in [2.05, 4.69) is 19.2 Å². The maximum Gasteiger partial charge on any atom is 0.310 e. The van der Waals surface area contributed by atoms with Crippen LogP contribution < -0.4 is 5.32 Å². The molecule has 0 aromatic rings. The molecule has 120 valence electrons. The second kappa shape index (κ2) is 6.34. The van der Waals surface area contributed by atoms with Crippen molar-refractivity contribution >= 4 is 11.9 Å². The van der Waals surface area contributed by atoms with Crippen LogP contribution in [0.3, 0.4) is 0 Å². The van der Waals surface area contributed by atoms with Crippen molar-refractivity contribution in [2.45, 2.75) is 52.5 Å². The minimum Gasteiger partial charge on any atom is -0.481 e. The number of amides is 1. The summed E-state index contributed by atoms with van der Waals surface area (Å²) in [5, 5.41) is 12.4. The topological polar surface area (TPSA) is 69.6 Å². The lowest BCUT2D eigenvalue weighted by Crippen LogP contribution is -2.47. The molecule has 4 atom stereocenters. The predicted molar refractivity (Wildman–Crippen MR) is 80.9 cm³/mol. The van der Waals surface area contributed by atoms with Gasteiger partial charge in [-0.2, -0.15) is 0 Å². The average Bonchev–Trinajstić information content (AvgIpc) is 2.78. The number of carboxylic acid groups (broad SMARTS) is 1. The molecule has 5 nitrogen and oxygen atoms in total. The average molecular weight is 296 g/mol. The summed E-state index contributed by atoms with van der Waals surface area (Å²) in [6.07, 6.45) is 4.10. The Hall–Kier alpha value is -1.10. The first-order chi connectivity index (χ1) is 9.82. The van der Waals surface area contributed by atoms with Crippen LogP contribution in [0.5, 0.6) is 0 Å². The highest BCUT2D eigenvalue weighted by atomic mass is 16.4. The fraction of sp³-hybridized carbons (Fsp3) is 0.875. The van der Waals surface area contributed by atoms with Gasteiger partial charge in [0.05, 0.1) is 12.0 Å². The number of aliphatic carboxylic acids is 1. The highest BCUT2D eigenvalue weighted by molar-refractivity contribution is 5.79. The zero-order chi connectivity index (χ0) is 15.6. The molecule has 2 fully saturated rings. The molecule has 0 aromatic heterocycles. The van der Waals surface area contributed by atoms with Gasteiger partial charge in [-0.3, -0.25) is 14.5 Å². The molecular formula is C16H28N2O3. The molecule has 1 heterocycles. The molecule has 2 rings (SSSR count). The SMILES string of the molecule is CC1CCCC(NC(=O)CN2CCC(C)(C(=O)O)C2)C1C. The fourth-order valence-corrected chi connectivity index (χ4v) is 3.61. The quantitative estimate of drug-likeness (QED) is 0.829. The van der Waals surface area contributed by atoms with E-state index >= 15 is 0 Å². The second-order valence-corrected chi connectivity index (χ2v) is 7.27. The predicted octanol–water partition coefficient (Wildman–Crippen LogP) is 1.72. The van der Waals surface area contributed by atoms with Crippen molar-refractivity contribution in [2.24, 2.45) is 17.3 Å². The van der Waals surface area contributed by atoms with Crippen molar-refractivity contribution < 1.29 is 14.7 Å². The van der Waals surface area contributed by atoms with Crippen molar-refractivity contribution in [3.8, 4) is 0 Å². The lowest BCUT2D eigenvalue weighted by molar-refractivity contribution is -0.147. The van der Waals surface area contributed by atoms with Crippen molar-refractivity contribution in [3.05, 3.63) is 0 Å². The number of hydrogen-bond acceptors (Lipinski definition) is 3. The molecule has 2 aliphatic rings. The standard InChI is InChI=1S/C16H28N2O3/c1-11-5-4-6-13(12(11)2)17-14(19)9-18-8-7-16(3,10-18)15(20)21/h11-13H,4-10H2,1-3H3,(H,17,19)(H,20,21). The molecule has 0 radical (unpaired) electrons. The van der Waals surface area contributed by atoms with E-state index in [1.54, 1.807) is 6.92 Å². The van der Waals surface area contributed by atoms with Gasteiger partial charge in [0.25, 0.3) is 0 Å². The summed E-state index contributed by atoms with van der Waals surface area (Å²) in [4.78, 5) is 25.4. The molecule has 1 aliphatic carbocycles. The zero-order valence-corrected chi connectivity index (χ0v) is 13.4. The van der Waals surface area contributed by atoms with Crippen LogP contribution >= 0.6 is 0 Å². The Balaban J connectivity index is 1.82. The van der Waals surface area contributed by atoms with Gasteiger partial charge >= 0.3 is 5.97 Å². The Labute approximate surface area is 127 Å². The Morgan fingerprint density at radius 3 is 2.67 bits per heavy atom. The molecule has 1 saturated carbocycles. The van der Waals surface area contributed by atoms with Crippen LogP contribution in [-0.4, -0.2) is 47.6 Å². The Kier molecular flexibility index (Phi) is 4.91. The third-order valence-electron chi connectivity index (χ3n) is 5.49. The summed E-state index contributed by atoms with van der Waals surface area (Å²) in [5.74, 6) is 0.451. The second-order valence-electron chi connectivity index (χ2n) is 7.27. The molecule has 0 spiro atoms. The van der Waals surface area contributed by atoms with E-state index in [1.165, 1.54) is 12.8 Å². The number of nitrogens with zero attached hydrogens (tertiary/aromatic N) is 1. The lowest BCUT2D eigenvalue weighted by atomic mass is 9.78. The minimum atomic E-state index is -0.764. The third-order valence-corrected chi connectivity index (χ3v) is 5.49. The molecule has 0 aromatic carbocycles. The molecule has 1 aliphatic heterocycles. The molecule has 2 N–H and O–H groups in total. The lowest BCUT2D eigenvalue weighted by Gasteiger charge is -2.35. The van der Waals surface area contributed by atoms with E-state index in [0.717, 1.165) is 6.42 Å². The summed E-state index contributed by atoms with van der Waals surface area (Å²) in [7, 11) is 0. The summed E-state index contributed by atoms with van der Waals surface area (Å²) >= 11 is 0. The van der Waals surface area contributed by atoms with Gasteiger partial charge < -0.3 is 10.4 Å². The van der Waals surface area contributed by atoms with Crippen molar-refractivity contribution in [1.29, 1.82) is 0 Å². The largest absolute Gasteiger partial charge is 0.481 e. The number of hydrogen-bond donors (Lipinski definition) is 2. The summed E-state index contributed by atoms with van der Waals surface area (Å²) in [6.45, 7) is 7.70. The first kappa shape index (κ1) is 16.3. The van der Waals surface area contributed by atoms with Gasteiger partial charge in [0.2, 0.25) is 5.91 Å². The summed E-state index contributed by atoms with van der Waals surface area (Å²) in [5.41, 5.74) is -0.701. The monoisotopic (exact) mass is 296 g/mol. The number of carbonyl (C=O) groups excluding carboxylic acids is 1. The van der Waals surface area contributed by atoms with Crippen LogP contribution in [0.4, 0.5) is 0 Å². The van der Waals surface area contributed by atoms with Crippen LogP contribution in [0.2, 0.25) is 0 Å². The van der Waals surface area contributed by atoms with Gasteiger partial charge in [0.1, 0.15) is 0 Å². The number of carbonyl (C=O) groups is 2. The maximum absolute atomic E-state index is 12.2. The van der Waals surface area contributed by atoms with Crippen LogP contribution in [0.1, 0.15) is 46.5 Å². The highest BCUT2D eigenvalue weighted by Gasteiger charge is 2.41. The van der Waals surface area contributed by atoms with Gasteiger partial charge in [-0.25, -0.2) is 0 Å². The van der Waals surface area contributed by atoms with E-state index in [1.807, 2.05) is 4.90 Å². The van der Waals surface area contributed by atoms with Crippen LogP contribution in [0.25, 0.3) is 0 Å². The van der Waals surface area contributed by atoms with Gasteiger partial charge in [0, 0.05) is 12.6 Å². The van der Waals surface area contributed by atoms with E-state index in [9.17, 15) is 14.7 Å². The van der Waals surface area contributed by atoms with Crippen LogP contribution in [-0.2, 0) is 9.59 Å². The molecule has 0 bridgehead atoms. The first-order valence-electron chi connectivity index (χ1n) is 8.07. The van der Waals surface area contributed by atoms with Gasteiger partial charge in [0.15, 0.2) is 0 Å². The number of nitrogens with one attached hydrogen (secondary N) is 1. The van der Waals surface area contributed by atoms with Crippen LogP contribution in [0.15, 0.2) is 0 Å². The van der Waals surface area contributed by atoms with Crippen LogP contribution in [0, 0.1) is 17.3 Å². The van der Waals surface area contributed by atoms with E-state index in [-0.39, 0.29) is 11.9 Å². The van der Waals surface area contributed by atoms with E-state index < -0.39 is 11.4 Å². The number of likely N-dealkylation sites (tertiary alicyclic amines) is 1. The van der Waals surface area contributed by atoms with Gasteiger partial charge in [-0.15, -0.1) is 0 Å². The molecule has 1 saturated heterocycles. The number of carboxylic acids is 1. The fourth-order valence-electron chi connectivity index (χ4n) is 3.61. The van der Waals surface area contributed by atoms with E-state index in [4.69, 9.17) is 0 Å². The zero-order valence-electron chi connectivity index (χ0n) is 13.4. The highest BCUT2D eigenvalue weighted by Crippen LogP contribution is 2.31. The van der Waals surface area contributed by atoms with Crippen molar-refractivity contribution in [2.75, 3.05) is 19.6 Å². The van der Waals surface area contributed by atoms with Gasteiger partial charge in [-0.1, -0.05) is 26.7 Å². The molecule has 1 amide bonds. The van der Waals surface area contributed by atoms with E-state index in [0.29, 0.717) is 37.9 Å². The van der Waals surface area contributed by atoms with Gasteiger partial charge in [-0.05, 0) is 38.1 Å². The summed E-state index contributed by atoms with van der Waals surface area (Å²) < 4.78 is 0. The first-order valence-corrected chi connectivity index (χ1v) is 8.07.